The van der Waals surface area contributed by atoms with Crippen molar-refractivity contribution in [2.24, 2.45) is 5.73 Å². The minimum absolute atomic E-state index is 0.395. The molecule has 4 heteroatoms. The van der Waals surface area contributed by atoms with E-state index in [2.05, 4.69) is 5.32 Å². The van der Waals surface area contributed by atoms with Crippen molar-refractivity contribution >= 4 is 17.5 Å². The van der Waals surface area contributed by atoms with Crippen molar-refractivity contribution in [1.29, 1.82) is 0 Å². The van der Waals surface area contributed by atoms with E-state index in [0.29, 0.717) is 11.6 Å². The van der Waals surface area contributed by atoms with Crippen molar-refractivity contribution in [3.8, 4) is 0 Å². The monoisotopic (exact) mass is 274 g/mol. The Kier molecular flexibility index (Phi) is 4.55. The first-order valence-corrected chi connectivity index (χ1v) is 6.36. The first-order chi connectivity index (χ1) is 9.16. The molecule has 3 N–H and O–H groups in total. The highest BCUT2D eigenvalue weighted by Crippen LogP contribution is 2.15. The van der Waals surface area contributed by atoms with E-state index >= 15 is 0 Å². The highest BCUT2D eigenvalue weighted by molar-refractivity contribution is 6.30. The second kappa shape index (κ2) is 6.36. The van der Waals surface area contributed by atoms with Gasteiger partial charge in [-0.3, -0.25) is 10.1 Å². The standard InChI is InChI=1S/C15H15ClN2O/c16-13-8-4-5-11(9-13)10-18-14(15(17)19)12-6-2-1-3-7-12/h1-9,14,18H,10H2,(H2,17,19)/t14-/m1/s1. The van der Waals surface area contributed by atoms with Gasteiger partial charge in [-0.1, -0.05) is 54.1 Å². The van der Waals surface area contributed by atoms with Gasteiger partial charge in [0, 0.05) is 11.6 Å². The maximum atomic E-state index is 11.5. The average Bonchev–Trinajstić information content (AvgIpc) is 2.40. The van der Waals surface area contributed by atoms with E-state index in [0.717, 1.165) is 11.1 Å². The Balaban J connectivity index is 2.08. The third kappa shape index (κ3) is 3.81. The van der Waals surface area contributed by atoms with Gasteiger partial charge in [0.15, 0.2) is 0 Å². The van der Waals surface area contributed by atoms with Crippen molar-refractivity contribution in [2.45, 2.75) is 12.6 Å². The zero-order valence-electron chi connectivity index (χ0n) is 10.3. The maximum Gasteiger partial charge on any atom is 0.239 e. The lowest BCUT2D eigenvalue weighted by Gasteiger charge is -2.16. The van der Waals surface area contributed by atoms with Crippen molar-refractivity contribution in [1.82, 2.24) is 5.32 Å². The molecule has 98 valence electrons. The van der Waals surface area contributed by atoms with Crippen molar-refractivity contribution in [2.75, 3.05) is 0 Å². The molecule has 0 radical (unpaired) electrons. The van der Waals surface area contributed by atoms with E-state index in [9.17, 15) is 4.79 Å². The van der Waals surface area contributed by atoms with Gasteiger partial charge >= 0.3 is 0 Å². The number of carbonyl (C=O) groups excluding carboxylic acids is 1. The van der Waals surface area contributed by atoms with Crippen LogP contribution in [0.4, 0.5) is 0 Å². The second-order valence-corrected chi connectivity index (χ2v) is 4.69. The molecule has 3 nitrogen and oxygen atoms in total. The molecule has 0 unspecified atom stereocenters. The number of primary amides is 1. The van der Waals surface area contributed by atoms with Crippen LogP contribution in [0.5, 0.6) is 0 Å². The first kappa shape index (κ1) is 13.6. The third-order valence-electron chi connectivity index (χ3n) is 2.82. The van der Waals surface area contributed by atoms with E-state index in [1.165, 1.54) is 0 Å². The molecule has 0 aliphatic carbocycles. The zero-order chi connectivity index (χ0) is 13.7. The van der Waals surface area contributed by atoms with Crippen LogP contribution in [0.1, 0.15) is 17.2 Å². The molecule has 0 aliphatic heterocycles. The molecular weight excluding hydrogens is 260 g/mol. The first-order valence-electron chi connectivity index (χ1n) is 5.99. The summed E-state index contributed by atoms with van der Waals surface area (Å²) in [6, 6.07) is 16.4. The van der Waals surface area contributed by atoms with Crippen molar-refractivity contribution < 1.29 is 4.79 Å². The highest BCUT2D eigenvalue weighted by Gasteiger charge is 2.16. The number of halogens is 1. The summed E-state index contributed by atoms with van der Waals surface area (Å²) in [5.74, 6) is -0.395. The van der Waals surface area contributed by atoms with Gasteiger partial charge < -0.3 is 5.73 Å². The molecular formula is C15H15ClN2O. The lowest BCUT2D eigenvalue weighted by atomic mass is 10.1. The summed E-state index contributed by atoms with van der Waals surface area (Å²) in [7, 11) is 0. The Hall–Kier alpha value is -1.84. The zero-order valence-corrected chi connectivity index (χ0v) is 11.1. The van der Waals surface area contributed by atoms with Gasteiger partial charge in [-0.15, -0.1) is 0 Å². The number of rotatable bonds is 5. The van der Waals surface area contributed by atoms with Gasteiger partial charge in [0.1, 0.15) is 6.04 Å². The third-order valence-corrected chi connectivity index (χ3v) is 3.05. The van der Waals surface area contributed by atoms with Crippen LogP contribution in [0.25, 0.3) is 0 Å². The fourth-order valence-corrected chi connectivity index (χ4v) is 2.11. The number of hydrogen-bond acceptors (Lipinski definition) is 2. The number of benzene rings is 2. The predicted octanol–water partition coefficient (Wildman–Crippen LogP) is 2.66. The van der Waals surface area contributed by atoms with Gasteiger partial charge in [-0.2, -0.15) is 0 Å². The number of amides is 1. The molecule has 0 saturated heterocycles. The molecule has 0 saturated carbocycles. The van der Waals surface area contributed by atoms with Gasteiger partial charge in [0.25, 0.3) is 0 Å². The second-order valence-electron chi connectivity index (χ2n) is 4.26. The van der Waals surface area contributed by atoms with Crippen molar-refractivity contribution in [3.63, 3.8) is 0 Å². The van der Waals surface area contributed by atoms with Gasteiger partial charge in [0.2, 0.25) is 5.91 Å². The quantitative estimate of drug-likeness (QED) is 0.881. The van der Waals surface area contributed by atoms with Gasteiger partial charge in [0.05, 0.1) is 0 Å². The lowest BCUT2D eigenvalue weighted by molar-refractivity contribution is -0.120. The Morgan fingerprint density at radius 3 is 2.53 bits per heavy atom. The number of nitrogens with two attached hydrogens (primary N) is 1. The SMILES string of the molecule is NC(=O)[C@H](NCc1cccc(Cl)c1)c1ccccc1. The maximum absolute atomic E-state index is 11.5. The van der Waals surface area contributed by atoms with Crippen LogP contribution in [-0.4, -0.2) is 5.91 Å². The van der Waals surface area contributed by atoms with Gasteiger partial charge in [-0.25, -0.2) is 0 Å². The molecule has 2 aromatic carbocycles. The average molecular weight is 275 g/mol. The number of carbonyl (C=O) groups is 1. The van der Waals surface area contributed by atoms with Crippen LogP contribution >= 0.6 is 11.6 Å². The van der Waals surface area contributed by atoms with E-state index in [4.69, 9.17) is 17.3 Å². The van der Waals surface area contributed by atoms with E-state index in [1.807, 2.05) is 54.6 Å². The van der Waals surface area contributed by atoms with Crippen LogP contribution in [0.15, 0.2) is 54.6 Å². The van der Waals surface area contributed by atoms with E-state index < -0.39 is 11.9 Å². The number of hydrogen-bond donors (Lipinski definition) is 2. The molecule has 2 aromatic rings. The summed E-state index contributed by atoms with van der Waals surface area (Å²) in [6.45, 7) is 0.531. The molecule has 0 heterocycles. The topological polar surface area (TPSA) is 55.1 Å². The van der Waals surface area contributed by atoms with E-state index in [1.54, 1.807) is 0 Å². The Morgan fingerprint density at radius 1 is 1.16 bits per heavy atom. The molecule has 0 spiro atoms. The Bertz CT molecular complexity index is 557. The summed E-state index contributed by atoms with van der Waals surface area (Å²) in [6.07, 6.45) is 0. The predicted molar refractivity (Wildman–Crippen MR) is 76.7 cm³/mol. The molecule has 0 aliphatic rings. The lowest BCUT2D eigenvalue weighted by Crippen LogP contribution is -2.33. The highest BCUT2D eigenvalue weighted by atomic mass is 35.5. The summed E-state index contributed by atoms with van der Waals surface area (Å²) in [4.78, 5) is 11.5. The molecule has 1 atom stereocenters. The van der Waals surface area contributed by atoms with Crippen LogP contribution in [0.2, 0.25) is 5.02 Å². The number of nitrogens with one attached hydrogen (secondary N) is 1. The van der Waals surface area contributed by atoms with Crippen LogP contribution in [-0.2, 0) is 11.3 Å². The molecule has 2 rings (SSSR count). The Labute approximate surface area is 117 Å². The summed E-state index contributed by atoms with van der Waals surface area (Å²) >= 11 is 5.92. The summed E-state index contributed by atoms with van der Waals surface area (Å²) in [5, 5.41) is 3.82. The molecule has 0 fully saturated rings. The summed E-state index contributed by atoms with van der Waals surface area (Å²) < 4.78 is 0. The van der Waals surface area contributed by atoms with E-state index in [-0.39, 0.29) is 0 Å². The minimum atomic E-state index is -0.500. The molecule has 19 heavy (non-hydrogen) atoms. The fraction of sp³-hybridized carbons (Fsp3) is 0.133. The minimum Gasteiger partial charge on any atom is -0.368 e. The Morgan fingerprint density at radius 2 is 1.89 bits per heavy atom. The van der Waals surface area contributed by atoms with Crippen LogP contribution < -0.4 is 11.1 Å². The largest absolute Gasteiger partial charge is 0.368 e. The van der Waals surface area contributed by atoms with Crippen LogP contribution in [0, 0.1) is 0 Å². The summed E-state index contributed by atoms with van der Waals surface area (Å²) in [5.41, 5.74) is 7.30. The fourth-order valence-electron chi connectivity index (χ4n) is 1.90. The molecule has 0 bridgehead atoms. The molecule has 1 amide bonds. The smallest absolute Gasteiger partial charge is 0.239 e. The van der Waals surface area contributed by atoms with Gasteiger partial charge in [-0.05, 0) is 23.3 Å². The van der Waals surface area contributed by atoms with Crippen molar-refractivity contribution in [3.05, 3.63) is 70.7 Å². The van der Waals surface area contributed by atoms with Crippen LogP contribution in [0.3, 0.4) is 0 Å². The normalized spacial score (nSPS) is 12.1. The molecule has 0 aromatic heterocycles.